The summed E-state index contributed by atoms with van der Waals surface area (Å²) in [5, 5.41) is 0.897. The Hall–Kier alpha value is -1.55. The predicted molar refractivity (Wildman–Crippen MR) is 103 cm³/mol. The van der Waals surface area contributed by atoms with Gasteiger partial charge in [0.15, 0.2) is 0 Å². The molecule has 1 aromatic carbocycles. The number of methoxy groups -OCH3 is 1. The topological polar surface area (TPSA) is 85.8 Å². The number of hydrogen-bond donors (Lipinski definition) is 0. The summed E-state index contributed by atoms with van der Waals surface area (Å²) in [7, 11) is -2.12. The lowest BCUT2D eigenvalue weighted by atomic mass is 10.0. The molecule has 1 fully saturated rings. The van der Waals surface area contributed by atoms with E-state index in [9.17, 15) is 13.2 Å². The monoisotopic (exact) mass is 412 g/mol. The Bertz CT molecular complexity index is 904. The Balaban J connectivity index is 1.77. The summed E-state index contributed by atoms with van der Waals surface area (Å²) in [5.41, 5.74) is 0.780. The van der Waals surface area contributed by atoms with Gasteiger partial charge in [-0.2, -0.15) is 4.31 Å². The number of fused-ring (bicyclic) bond motifs is 1. The number of aryl methyl sites for hydroxylation is 1. The highest BCUT2D eigenvalue weighted by atomic mass is 32.2. The van der Waals surface area contributed by atoms with E-state index in [4.69, 9.17) is 9.47 Å². The van der Waals surface area contributed by atoms with Gasteiger partial charge >= 0.3 is 5.97 Å². The van der Waals surface area contributed by atoms with Crippen LogP contribution in [0.15, 0.2) is 23.1 Å². The van der Waals surface area contributed by atoms with Crippen LogP contribution in [0.25, 0.3) is 10.2 Å². The molecule has 0 saturated carbocycles. The van der Waals surface area contributed by atoms with Crippen molar-refractivity contribution in [3.8, 4) is 0 Å². The number of ether oxygens (including phenoxy) is 2. The third kappa shape index (κ3) is 4.48. The number of benzene rings is 1. The zero-order valence-corrected chi connectivity index (χ0v) is 17.1. The van der Waals surface area contributed by atoms with E-state index in [-0.39, 0.29) is 16.8 Å². The SMILES string of the molecule is CCC(CCc1nc2ccc(S(=O)(=O)N3CCOCC3)cc2s1)C(=O)OC. The van der Waals surface area contributed by atoms with Gasteiger partial charge in [-0.15, -0.1) is 11.3 Å². The molecule has 0 spiro atoms. The van der Waals surface area contributed by atoms with Crippen LogP contribution in [0.3, 0.4) is 0 Å². The first kappa shape index (κ1) is 20.2. The van der Waals surface area contributed by atoms with Gasteiger partial charge in [-0.3, -0.25) is 4.79 Å². The Kier molecular flexibility index (Phi) is 6.46. The molecule has 1 saturated heterocycles. The highest BCUT2D eigenvalue weighted by Gasteiger charge is 2.26. The highest BCUT2D eigenvalue weighted by Crippen LogP contribution is 2.28. The normalized spacial score (nSPS) is 17.1. The third-order valence-electron chi connectivity index (χ3n) is 4.75. The van der Waals surface area contributed by atoms with Gasteiger partial charge in [0.25, 0.3) is 0 Å². The van der Waals surface area contributed by atoms with Gasteiger partial charge in [-0.05, 0) is 31.0 Å². The van der Waals surface area contributed by atoms with Crippen LogP contribution in [-0.4, -0.2) is 57.1 Å². The summed E-state index contributed by atoms with van der Waals surface area (Å²) < 4.78 is 38.0. The van der Waals surface area contributed by atoms with Crippen molar-refractivity contribution in [2.45, 2.75) is 31.1 Å². The maximum Gasteiger partial charge on any atom is 0.308 e. The molecular weight excluding hydrogens is 388 g/mol. The number of sulfonamides is 1. The zero-order chi connectivity index (χ0) is 19.4. The van der Waals surface area contributed by atoms with E-state index in [2.05, 4.69) is 4.98 Å². The fourth-order valence-electron chi connectivity index (χ4n) is 3.11. The molecule has 1 unspecified atom stereocenters. The number of carbonyl (C=O) groups is 1. The second kappa shape index (κ2) is 8.64. The molecule has 0 N–H and O–H groups in total. The van der Waals surface area contributed by atoms with Crippen molar-refractivity contribution >= 4 is 37.5 Å². The van der Waals surface area contributed by atoms with E-state index in [0.717, 1.165) is 21.6 Å². The summed E-state index contributed by atoms with van der Waals surface area (Å²) in [4.78, 5) is 16.6. The van der Waals surface area contributed by atoms with Gasteiger partial charge in [-0.1, -0.05) is 6.92 Å². The van der Waals surface area contributed by atoms with Crippen molar-refractivity contribution in [1.29, 1.82) is 0 Å². The van der Waals surface area contributed by atoms with Crippen LogP contribution in [0, 0.1) is 5.92 Å². The van der Waals surface area contributed by atoms with Gasteiger partial charge in [0.2, 0.25) is 10.0 Å². The maximum absolute atomic E-state index is 12.8. The summed E-state index contributed by atoms with van der Waals surface area (Å²) in [6.45, 7) is 3.55. The molecule has 9 heteroatoms. The summed E-state index contributed by atoms with van der Waals surface area (Å²) >= 11 is 1.48. The molecule has 0 radical (unpaired) electrons. The Morgan fingerprint density at radius 1 is 1.37 bits per heavy atom. The van der Waals surface area contributed by atoms with Crippen molar-refractivity contribution in [2.75, 3.05) is 33.4 Å². The average molecular weight is 413 g/mol. The molecule has 0 amide bonds. The average Bonchev–Trinajstić information content (AvgIpc) is 3.10. The molecular formula is C18H24N2O5S2. The number of esters is 1. The third-order valence-corrected chi connectivity index (χ3v) is 7.72. The zero-order valence-electron chi connectivity index (χ0n) is 15.5. The Morgan fingerprint density at radius 3 is 2.78 bits per heavy atom. The fourth-order valence-corrected chi connectivity index (χ4v) is 5.64. The molecule has 7 nitrogen and oxygen atoms in total. The number of rotatable bonds is 7. The molecule has 0 aliphatic carbocycles. The molecule has 1 aliphatic rings. The van der Waals surface area contributed by atoms with E-state index in [0.29, 0.717) is 39.1 Å². The minimum Gasteiger partial charge on any atom is -0.469 e. The van der Waals surface area contributed by atoms with Gasteiger partial charge < -0.3 is 9.47 Å². The lowest BCUT2D eigenvalue weighted by Crippen LogP contribution is -2.40. The predicted octanol–water partition coefficient (Wildman–Crippen LogP) is 2.45. The molecule has 2 heterocycles. The van der Waals surface area contributed by atoms with Gasteiger partial charge in [0.05, 0.1) is 46.4 Å². The lowest BCUT2D eigenvalue weighted by Gasteiger charge is -2.25. The molecule has 1 aromatic heterocycles. The van der Waals surface area contributed by atoms with Gasteiger partial charge in [0.1, 0.15) is 0 Å². The molecule has 148 valence electrons. The highest BCUT2D eigenvalue weighted by molar-refractivity contribution is 7.89. The summed E-state index contributed by atoms with van der Waals surface area (Å²) in [6, 6.07) is 5.05. The number of aromatic nitrogens is 1. The number of thiazole rings is 1. The van der Waals surface area contributed by atoms with Gasteiger partial charge in [-0.25, -0.2) is 13.4 Å². The number of hydrogen-bond acceptors (Lipinski definition) is 7. The molecule has 2 aromatic rings. The second-order valence-corrected chi connectivity index (χ2v) is 9.47. The first-order valence-electron chi connectivity index (χ1n) is 9.01. The van der Waals surface area contributed by atoms with E-state index in [1.807, 2.05) is 6.92 Å². The van der Waals surface area contributed by atoms with Crippen molar-refractivity contribution in [3.63, 3.8) is 0 Å². The molecule has 0 bridgehead atoms. The summed E-state index contributed by atoms with van der Waals surface area (Å²) in [5.74, 6) is -0.336. The van der Waals surface area contributed by atoms with Crippen molar-refractivity contribution in [1.82, 2.24) is 9.29 Å². The second-order valence-electron chi connectivity index (χ2n) is 6.42. The van der Waals surface area contributed by atoms with Crippen LogP contribution in [0.4, 0.5) is 0 Å². The summed E-state index contributed by atoms with van der Waals surface area (Å²) in [6.07, 6.45) is 2.06. The van der Waals surface area contributed by atoms with E-state index in [1.165, 1.54) is 22.8 Å². The molecule has 1 atom stereocenters. The minimum absolute atomic E-state index is 0.140. The first-order chi connectivity index (χ1) is 13.0. The van der Waals surface area contributed by atoms with Crippen LogP contribution in [-0.2, 0) is 30.7 Å². The number of carbonyl (C=O) groups excluding carboxylic acids is 1. The standard InChI is InChI=1S/C18H24N2O5S2/c1-3-13(18(21)24-2)4-7-17-19-15-6-5-14(12-16(15)26-17)27(22,23)20-8-10-25-11-9-20/h5-6,12-13H,3-4,7-11H2,1-2H3. The fraction of sp³-hybridized carbons (Fsp3) is 0.556. The lowest BCUT2D eigenvalue weighted by molar-refractivity contribution is -0.145. The van der Waals surface area contributed by atoms with Crippen LogP contribution in [0.5, 0.6) is 0 Å². The number of morpholine rings is 1. The largest absolute Gasteiger partial charge is 0.469 e. The van der Waals surface area contributed by atoms with Crippen molar-refractivity contribution < 1.29 is 22.7 Å². The van der Waals surface area contributed by atoms with Crippen LogP contribution >= 0.6 is 11.3 Å². The quantitative estimate of drug-likeness (QED) is 0.650. The van der Waals surface area contributed by atoms with E-state index < -0.39 is 10.0 Å². The molecule has 1 aliphatic heterocycles. The van der Waals surface area contributed by atoms with E-state index in [1.54, 1.807) is 18.2 Å². The Morgan fingerprint density at radius 2 is 2.11 bits per heavy atom. The van der Waals surface area contributed by atoms with Crippen LogP contribution in [0.1, 0.15) is 24.8 Å². The van der Waals surface area contributed by atoms with Gasteiger partial charge in [0, 0.05) is 19.5 Å². The molecule has 3 rings (SSSR count). The number of nitrogens with zero attached hydrogens (tertiary/aromatic N) is 2. The Labute approximate surface area is 163 Å². The minimum atomic E-state index is -3.52. The van der Waals surface area contributed by atoms with Crippen molar-refractivity contribution in [3.05, 3.63) is 23.2 Å². The van der Waals surface area contributed by atoms with E-state index >= 15 is 0 Å². The van der Waals surface area contributed by atoms with Crippen LogP contribution in [0.2, 0.25) is 0 Å². The molecule has 27 heavy (non-hydrogen) atoms. The first-order valence-corrected chi connectivity index (χ1v) is 11.3. The smallest absolute Gasteiger partial charge is 0.308 e. The van der Waals surface area contributed by atoms with Crippen molar-refractivity contribution in [2.24, 2.45) is 5.92 Å². The maximum atomic E-state index is 12.8. The van der Waals surface area contributed by atoms with Crippen LogP contribution < -0.4 is 0 Å².